The summed E-state index contributed by atoms with van der Waals surface area (Å²) < 4.78 is 2.32. The molecule has 34 heavy (non-hydrogen) atoms. The number of benzene rings is 4. The molecule has 1 saturated heterocycles. The molecule has 1 aliphatic rings. The molecule has 4 nitrogen and oxygen atoms in total. The third kappa shape index (κ3) is 3.47. The summed E-state index contributed by atoms with van der Waals surface area (Å²) in [5.41, 5.74) is 6.67. The standard InChI is InChI=1S/C30H27N3O/c1-20-14-15-21(2)28(16-20)32-19-24(17-29(32)34)30-31-26-12-5-6-13-27(26)33(30)18-23-10-7-9-22-8-3-4-11-25(22)23/h3-16,24H,17-19H2,1-2H3. The number of carbonyl (C=O) groups is 1. The van der Waals surface area contributed by atoms with Crippen molar-refractivity contribution in [1.29, 1.82) is 0 Å². The number of anilines is 1. The number of nitrogens with zero attached hydrogens (tertiary/aromatic N) is 3. The van der Waals surface area contributed by atoms with Gasteiger partial charge in [0.25, 0.3) is 0 Å². The fraction of sp³-hybridized carbons (Fsp3) is 0.200. The minimum absolute atomic E-state index is 0.0507. The van der Waals surface area contributed by atoms with Crippen LogP contribution in [0.4, 0.5) is 5.69 Å². The molecular formula is C30H27N3O. The smallest absolute Gasteiger partial charge is 0.227 e. The van der Waals surface area contributed by atoms with Crippen LogP contribution in [-0.4, -0.2) is 22.0 Å². The summed E-state index contributed by atoms with van der Waals surface area (Å²) in [7, 11) is 0. The molecule has 1 aliphatic heterocycles. The molecule has 1 atom stereocenters. The van der Waals surface area contributed by atoms with Gasteiger partial charge in [-0.2, -0.15) is 0 Å². The van der Waals surface area contributed by atoms with Crippen LogP contribution in [-0.2, 0) is 11.3 Å². The largest absolute Gasteiger partial charge is 0.323 e. The number of aryl methyl sites for hydroxylation is 2. The predicted molar refractivity (Wildman–Crippen MR) is 138 cm³/mol. The third-order valence-corrected chi connectivity index (χ3v) is 7.04. The van der Waals surface area contributed by atoms with Gasteiger partial charge in [0.15, 0.2) is 0 Å². The van der Waals surface area contributed by atoms with E-state index >= 15 is 0 Å². The molecule has 5 aromatic rings. The molecule has 0 N–H and O–H groups in total. The Morgan fingerprint density at radius 1 is 0.912 bits per heavy atom. The first-order chi connectivity index (χ1) is 16.6. The van der Waals surface area contributed by atoms with E-state index in [1.807, 2.05) is 11.0 Å². The van der Waals surface area contributed by atoms with E-state index in [2.05, 4.69) is 97.3 Å². The van der Waals surface area contributed by atoms with Crippen molar-refractivity contribution in [3.63, 3.8) is 0 Å². The molecule has 2 heterocycles. The van der Waals surface area contributed by atoms with Gasteiger partial charge >= 0.3 is 0 Å². The van der Waals surface area contributed by atoms with Gasteiger partial charge in [-0.05, 0) is 59.5 Å². The van der Waals surface area contributed by atoms with E-state index in [1.54, 1.807) is 0 Å². The second kappa shape index (κ2) is 8.14. The van der Waals surface area contributed by atoms with Crippen LogP contribution in [0, 0.1) is 13.8 Å². The van der Waals surface area contributed by atoms with Crippen LogP contribution < -0.4 is 4.90 Å². The van der Waals surface area contributed by atoms with Crippen LogP contribution in [0.2, 0.25) is 0 Å². The second-order valence-electron chi connectivity index (χ2n) is 9.38. The van der Waals surface area contributed by atoms with Gasteiger partial charge in [0, 0.05) is 31.1 Å². The third-order valence-electron chi connectivity index (χ3n) is 7.04. The van der Waals surface area contributed by atoms with Gasteiger partial charge in [-0.25, -0.2) is 4.98 Å². The molecule has 0 bridgehead atoms. The molecule has 1 fully saturated rings. The Morgan fingerprint density at radius 3 is 2.62 bits per heavy atom. The fourth-order valence-electron chi connectivity index (χ4n) is 5.30. The molecule has 4 heteroatoms. The van der Waals surface area contributed by atoms with Crippen molar-refractivity contribution in [2.45, 2.75) is 32.7 Å². The summed E-state index contributed by atoms with van der Waals surface area (Å²) in [4.78, 5) is 20.2. The zero-order valence-electron chi connectivity index (χ0n) is 19.5. The average Bonchev–Trinajstić information content (AvgIpc) is 3.41. The normalized spacial score (nSPS) is 16.1. The Balaban J connectivity index is 1.43. The Hall–Kier alpha value is -3.92. The summed E-state index contributed by atoms with van der Waals surface area (Å²) in [6.45, 7) is 5.53. The van der Waals surface area contributed by atoms with Crippen LogP contribution in [0.3, 0.4) is 0 Å². The monoisotopic (exact) mass is 445 g/mol. The Labute approximate surface area is 199 Å². The molecule has 6 rings (SSSR count). The fourth-order valence-corrected chi connectivity index (χ4v) is 5.30. The van der Waals surface area contributed by atoms with Crippen LogP contribution in [0.15, 0.2) is 84.9 Å². The highest BCUT2D eigenvalue weighted by Gasteiger charge is 2.35. The number of amides is 1. The summed E-state index contributed by atoms with van der Waals surface area (Å²) in [6, 6.07) is 29.6. The summed E-state index contributed by atoms with van der Waals surface area (Å²) >= 11 is 0. The van der Waals surface area contributed by atoms with Crippen molar-refractivity contribution >= 4 is 33.4 Å². The van der Waals surface area contributed by atoms with E-state index in [0.717, 1.165) is 34.7 Å². The molecule has 1 amide bonds. The van der Waals surface area contributed by atoms with Crippen LogP contribution in [0.5, 0.6) is 0 Å². The zero-order chi connectivity index (χ0) is 23.2. The molecule has 1 unspecified atom stereocenters. The number of para-hydroxylation sites is 2. The lowest BCUT2D eigenvalue weighted by Crippen LogP contribution is -2.25. The van der Waals surface area contributed by atoms with E-state index < -0.39 is 0 Å². The lowest BCUT2D eigenvalue weighted by Gasteiger charge is -2.20. The Bertz CT molecular complexity index is 1540. The predicted octanol–water partition coefficient (Wildman–Crippen LogP) is 6.38. The first kappa shape index (κ1) is 20.7. The van der Waals surface area contributed by atoms with Crippen LogP contribution in [0.1, 0.15) is 34.9 Å². The van der Waals surface area contributed by atoms with Gasteiger partial charge in [0.05, 0.1) is 11.0 Å². The topological polar surface area (TPSA) is 38.1 Å². The van der Waals surface area contributed by atoms with E-state index in [1.165, 1.54) is 21.9 Å². The lowest BCUT2D eigenvalue weighted by atomic mass is 10.0. The van der Waals surface area contributed by atoms with Crippen LogP contribution in [0.25, 0.3) is 21.8 Å². The number of hydrogen-bond acceptors (Lipinski definition) is 2. The van der Waals surface area contributed by atoms with Gasteiger partial charge < -0.3 is 9.47 Å². The van der Waals surface area contributed by atoms with E-state index in [0.29, 0.717) is 13.0 Å². The summed E-state index contributed by atoms with van der Waals surface area (Å²) in [6.07, 6.45) is 0.478. The van der Waals surface area contributed by atoms with Gasteiger partial charge in [-0.1, -0.05) is 66.7 Å². The highest BCUT2D eigenvalue weighted by molar-refractivity contribution is 5.97. The Morgan fingerprint density at radius 2 is 1.71 bits per heavy atom. The van der Waals surface area contributed by atoms with Crippen molar-refractivity contribution in [3.8, 4) is 0 Å². The SMILES string of the molecule is Cc1ccc(C)c(N2CC(c3nc4ccccc4n3Cc3cccc4ccccc34)CC2=O)c1. The number of aromatic nitrogens is 2. The van der Waals surface area contributed by atoms with Gasteiger partial charge in [0.1, 0.15) is 5.82 Å². The first-order valence-electron chi connectivity index (χ1n) is 11.9. The highest BCUT2D eigenvalue weighted by Crippen LogP contribution is 2.35. The summed E-state index contributed by atoms with van der Waals surface area (Å²) in [5, 5.41) is 2.50. The minimum Gasteiger partial charge on any atom is -0.323 e. The minimum atomic E-state index is 0.0507. The van der Waals surface area contributed by atoms with Gasteiger partial charge in [-0.3, -0.25) is 4.79 Å². The molecule has 0 radical (unpaired) electrons. The molecule has 0 aliphatic carbocycles. The maximum atomic E-state index is 13.2. The molecule has 168 valence electrons. The molecular weight excluding hydrogens is 418 g/mol. The first-order valence-corrected chi connectivity index (χ1v) is 11.9. The number of rotatable bonds is 4. The molecule has 0 saturated carbocycles. The lowest BCUT2D eigenvalue weighted by molar-refractivity contribution is -0.117. The zero-order valence-corrected chi connectivity index (χ0v) is 19.5. The van der Waals surface area contributed by atoms with Gasteiger partial charge in [0.2, 0.25) is 5.91 Å². The number of fused-ring (bicyclic) bond motifs is 2. The number of imidazole rings is 1. The van der Waals surface area contributed by atoms with Crippen molar-refractivity contribution in [2.24, 2.45) is 0 Å². The molecule has 0 spiro atoms. The molecule has 1 aromatic heterocycles. The van der Waals surface area contributed by atoms with Crippen molar-refractivity contribution < 1.29 is 4.79 Å². The maximum Gasteiger partial charge on any atom is 0.227 e. The quantitative estimate of drug-likeness (QED) is 0.322. The van der Waals surface area contributed by atoms with Crippen molar-refractivity contribution in [3.05, 3.63) is 107 Å². The second-order valence-corrected chi connectivity index (χ2v) is 9.38. The maximum absolute atomic E-state index is 13.2. The van der Waals surface area contributed by atoms with Crippen LogP contribution >= 0.6 is 0 Å². The van der Waals surface area contributed by atoms with Crippen molar-refractivity contribution in [2.75, 3.05) is 11.4 Å². The van der Waals surface area contributed by atoms with E-state index in [-0.39, 0.29) is 11.8 Å². The number of carbonyl (C=O) groups excluding carboxylic acids is 1. The summed E-state index contributed by atoms with van der Waals surface area (Å²) in [5.74, 6) is 1.22. The van der Waals surface area contributed by atoms with E-state index in [9.17, 15) is 4.79 Å². The highest BCUT2D eigenvalue weighted by atomic mass is 16.2. The molecule has 4 aromatic carbocycles. The van der Waals surface area contributed by atoms with Gasteiger partial charge in [-0.15, -0.1) is 0 Å². The average molecular weight is 446 g/mol. The number of hydrogen-bond donors (Lipinski definition) is 0. The van der Waals surface area contributed by atoms with Crippen molar-refractivity contribution in [1.82, 2.24) is 9.55 Å². The van der Waals surface area contributed by atoms with E-state index in [4.69, 9.17) is 4.98 Å². The Kier molecular flexibility index (Phi) is 4.95.